The zero-order valence-electron chi connectivity index (χ0n) is 11.8. The van der Waals surface area contributed by atoms with E-state index in [9.17, 15) is 4.79 Å². The number of rotatable bonds is 2. The Morgan fingerprint density at radius 3 is 2.84 bits per heavy atom. The van der Waals surface area contributed by atoms with Gasteiger partial charge in [0.25, 0.3) is 0 Å². The molecular weight excluding hydrogens is 236 g/mol. The lowest BCUT2D eigenvalue weighted by Gasteiger charge is -2.45. The Morgan fingerprint density at radius 1 is 1.11 bits per heavy atom. The topological polar surface area (TPSA) is 32.3 Å². The summed E-state index contributed by atoms with van der Waals surface area (Å²) in [5, 5.41) is 3.50. The molecule has 0 aromatic heterocycles. The number of likely N-dealkylation sites (tertiary alicyclic amines) is 1. The standard InChI is InChI=1S/C16H26N2O/c19-16-4-3-13-9-17-6-5-15(13)18(16)10-14-8-11-1-2-12(14)7-11/h11-15,17H,1-10H2. The maximum absolute atomic E-state index is 12.3. The lowest BCUT2D eigenvalue weighted by Crippen LogP contribution is -2.56. The van der Waals surface area contributed by atoms with Gasteiger partial charge in [-0.05, 0) is 68.9 Å². The third kappa shape index (κ3) is 2.10. The number of fused-ring (bicyclic) bond motifs is 3. The van der Waals surface area contributed by atoms with E-state index in [2.05, 4.69) is 10.2 Å². The van der Waals surface area contributed by atoms with Crippen LogP contribution in [0.2, 0.25) is 0 Å². The maximum Gasteiger partial charge on any atom is 0.222 e. The van der Waals surface area contributed by atoms with Crippen molar-refractivity contribution in [3.05, 3.63) is 0 Å². The molecule has 3 nitrogen and oxygen atoms in total. The molecule has 2 bridgehead atoms. The van der Waals surface area contributed by atoms with E-state index in [1.54, 1.807) is 0 Å². The summed E-state index contributed by atoms with van der Waals surface area (Å²) in [5.41, 5.74) is 0. The number of carbonyl (C=O) groups is 1. The molecule has 4 aliphatic rings. The summed E-state index contributed by atoms with van der Waals surface area (Å²) in [6.45, 7) is 3.31. The summed E-state index contributed by atoms with van der Waals surface area (Å²) in [6, 6.07) is 0.557. The van der Waals surface area contributed by atoms with Gasteiger partial charge in [-0.25, -0.2) is 0 Å². The fourth-order valence-electron chi connectivity index (χ4n) is 5.34. The molecule has 106 valence electrons. The van der Waals surface area contributed by atoms with E-state index < -0.39 is 0 Å². The van der Waals surface area contributed by atoms with Crippen LogP contribution in [-0.2, 0) is 4.79 Å². The Bertz CT molecular complexity index is 370. The van der Waals surface area contributed by atoms with Gasteiger partial charge in [0.2, 0.25) is 5.91 Å². The quantitative estimate of drug-likeness (QED) is 0.826. The number of amides is 1. The van der Waals surface area contributed by atoms with Crippen LogP contribution < -0.4 is 5.32 Å². The highest BCUT2D eigenvalue weighted by Crippen LogP contribution is 2.49. The molecule has 2 saturated carbocycles. The Labute approximate surface area is 116 Å². The van der Waals surface area contributed by atoms with Crippen LogP contribution >= 0.6 is 0 Å². The van der Waals surface area contributed by atoms with E-state index >= 15 is 0 Å². The van der Waals surface area contributed by atoms with Crippen molar-refractivity contribution in [2.45, 2.75) is 51.0 Å². The Balaban J connectivity index is 1.47. The third-order valence-electron chi connectivity index (χ3n) is 6.33. The Hall–Kier alpha value is -0.570. The second-order valence-corrected chi connectivity index (χ2v) is 7.34. The minimum absolute atomic E-state index is 0.450. The predicted molar refractivity (Wildman–Crippen MR) is 74.6 cm³/mol. The minimum Gasteiger partial charge on any atom is -0.339 e. The summed E-state index contributed by atoms with van der Waals surface area (Å²) in [6.07, 6.45) is 8.86. The first-order chi connectivity index (χ1) is 9.31. The second-order valence-electron chi connectivity index (χ2n) is 7.34. The molecule has 2 heterocycles. The van der Waals surface area contributed by atoms with E-state index in [0.29, 0.717) is 11.9 Å². The van der Waals surface area contributed by atoms with Crippen molar-refractivity contribution in [3.63, 3.8) is 0 Å². The van der Waals surface area contributed by atoms with Gasteiger partial charge in [0.15, 0.2) is 0 Å². The molecular formula is C16H26N2O. The molecule has 2 aliphatic carbocycles. The van der Waals surface area contributed by atoms with Gasteiger partial charge in [-0.15, -0.1) is 0 Å². The third-order valence-corrected chi connectivity index (χ3v) is 6.33. The van der Waals surface area contributed by atoms with Crippen LogP contribution in [0, 0.1) is 23.7 Å². The van der Waals surface area contributed by atoms with Crippen molar-refractivity contribution in [1.29, 1.82) is 0 Å². The SMILES string of the molecule is O=C1CCC2CNCCC2N1CC1CC2CCC1C2. The summed E-state index contributed by atoms with van der Waals surface area (Å²) < 4.78 is 0. The summed E-state index contributed by atoms with van der Waals surface area (Å²) in [4.78, 5) is 14.7. The van der Waals surface area contributed by atoms with E-state index in [4.69, 9.17) is 0 Å². The summed E-state index contributed by atoms with van der Waals surface area (Å²) in [5.74, 6) is 3.95. The zero-order chi connectivity index (χ0) is 12.8. The molecule has 0 radical (unpaired) electrons. The molecule has 3 heteroatoms. The summed E-state index contributed by atoms with van der Waals surface area (Å²) >= 11 is 0. The van der Waals surface area contributed by atoms with Crippen LogP contribution in [0.4, 0.5) is 0 Å². The maximum atomic E-state index is 12.3. The fourth-order valence-corrected chi connectivity index (χ4v) is 5.34. The number of carbonyl (C=O) groups excluding carboxylic acids is 1. The monoisotopic (exact) mass is 262 g/mol. The molecule has 4 fully saturated rings. The van der Waals surface area contributed by atoms with Gasteiger partial charge in [0.05, 0.1) is 0 Å². The van der Waals surface area contributed by atoms with Gasteiger partial charge in [-0.3, -0.25) is 4.79 Å². The predicted octanol–water partition coefficient (Wildman–Crippen LogP) is 2.02. The van der Waals surface area contributed by atoms with E-state index in [0.717, 1.165) is 56.1 Å². The van der Waals surface area contributed by atoms with E-state index in [-0.39, 0.29) is 0 Å². The van der Waals surface area contributed by atoms with Crippen molar-refractivity contribution in [3.8, 4) is 0 Å². The van der Waals surface area contributed by atoms with E-state index in [1.165, 1.54) is 32.1 Å². The first-order valence-corrected chi connectivity index (χ1v) is 8.31. The van der Waals surface area contributed by atoms with Gasteiger partial charge in [-0.1, -0.05) is 6.42 Å². The second kappa shape index (κ2) is 4.76. The normalized spacial score (nSPS) is 45.6. The molecule has 19 heavy (non-hydrogen) atoms. The molecule has 2 aliphatic heterocycles. The minimum atomic E-state index is 0.450. The number of nitrogens with zero attached hydrogens (tertiary/aromatic N) is 1. The highest BCUT2D eigenvalue weighted by atomic mass is 16.2. The molecule has 5 unspecified atom stereocenters. The highest BCUT2D eigenvalue weighted by molar-refractivity contribution is 5.77. The molecule has 5 atom stereocenters. The first-order valence-electron chi connectivity index (χ1n) is 8.31. The van der Waals surface area contributed by atoms with Crippen LogP contribution in [0.25, 0.3) is 0 Å². The van der Waals surface area contributed by atoms with Crippen molar-refractivity contribution in [2.75, 3.05) is 19.6 Å². The lowest BCUT2D eigenvalue weighted by molar-refractivity contribution is -0.140. The highest BCUT2D eigenvalue weighted by Gasteiger charge is 2.43. The zero-order valence-corrected chi connectivity index (χ0v) is 11.8. The smallest absolute Gasteiger partial charge is 0.222 e. The molecule has 2 saturated heterocycles. The van der Waals surface area contributed by atoms with Crippen molar-refractivity contribution in [2.24, 2.45) is 23.7 Å². The molecule has 4 rings (SSSR count). The average molecular weight is 262 g/mol. The number of piperidine rings is 2. The molecule has 0 aromatic carbocycles. The van der Waals surface area contributed by atoms with Crippen LogP contribution in [0.5, 0.6) is 0 Å². The number of hydrogen-bond donors (Lipinski definition) is 1. The van der Waals surface area contributed by atoms with Crippen LogP contribution in [0.1, 0.15) is 44.9 Å². The van der Waals surface area contributed by atoms with Crippen LogP contribution in [0.3, 0.4) is 0 Å². The van der Waals surface area contributed by atoms with Gasteiger partial charge in [0, 0.05) is 19.0 Å². The van der Waals surface area contributed by atoms with Crippen molar-refractivity contribution >= 4 is 5.91 Å². The summed E-state index contributed by atoms with van der Waals surface area (Å²) in [7, 11) is 0. The number of nitrogens with one attached hydrogen (secondary N) is 1. The van der Waals surface area contributed by atoms with Gasteiger partial charge >= 0.3 is 0 Å². The molecule has 1 N–H and O–H groups in total. The first kappa shape index (κ1) is 12.2. The largest absolute Gasteiger partial charge is 0.339 e. The fraction of sp³-hybridized carbons (Fsp3) is 0.938. The van der Waals surface area contributed by atoms with Crippen LogP contribution in [-0.4, -0.2) is 36.5 Å². The van der Waals surface area contributed by atoms with Gasteiger partial charge < -0.3 is 10.2 Å². The molecule has 1 amide bonds. The van der Waals surface area contributed by atoms with Crippen molar-refractivity contribution in [1.82, 2.24) is 10.2 Å². The Kier molecular flexibility index (Phi) is 3.06. The lowest BCUT2D eigenvalue weighted by atomic mass is 9.82. The molecule has 0 aromatic rings. The van der Waals surface area contributed by atoms with Gasteiger partial charge in [-0.2, -0.15) is 0 Å². The van der Waals surface area contributed by atoms with E-state index in [1.807, 2.05) is 0 Å². The van der Waals surface area contributed by atoms with Gasteiger partial charge in [0.1, 0.15) is 0 Å². The average Bonchev–Trinajstić information content (AvgIpc) is 3.04. The number of hydrogen-bond acceptors (Lipinski definition) is 2. The van der Waals surface area contributed by atoms with Crippen molar-refractivity contribution < 1.29 is 4.79 Å². The van der Waals surface area contributed by atoms with Crippen LogP contribution in [0.15, 0.2) is 0 Å². The Morgan fingerprint density at radius 2 is 2.05 bits per heavy atom. The molecule has 0 spiro atoms.